The van der Waals surface area contributed by atoms with E-state index in [9.17, 15) is 4.79 Å². The third kappa shape index (κ3) is 4.35. The molecule has 0 saturated carbocycles. The van der Waals surface area contributed by atoms with Crippen molar-refractivity contribution in [3.8, 4) is 5.75 Å². The maximum Gasteiger partial charge on any atom is 0.259 e. The van der Waals surface area contributed by atoms with Gasteiger partial charge in [-0.1, -0.05) is 42.5 Å². The van der Waals surface area contributed by atoms with E-state index in [1.54, 1.807) is 13.3 Å². The predicted octanol–water partition coefficient (Wildman–Crippen LogP) is 3.41. The van der Waals surface area contributed by atoms with E-state index in [2.05, 4.69) is 21.9 Å². The summed E-state index contributed by atoms with van der Waals surface area (Å²) in [5.41, 5.74) is 4.19. The fourth-order valence-corrected chi connectivity index (χ4v) is 2.47. The largest absolute Gasteiger partial charge is 0.496 e. The molecule has 0 heterocycles. The zero-order chi connectivity index (χ0) is 17.5. The van der Waals surface area contributed by atoms with Crippen molar-refractivity contribution in [3.05, 3.63) is 72.3 Å². The maximum atomic E-state index is 11.9. The number of nitrogens with zero attached hydrogens (tertiary/aromatic N) is 1. The van der Waals surface area contributed by atoms with E-state index in [1.807, 2.05) is 60.7 Å². The summed E-state index contributed by atoms with van der Waals surface area (Å²) in [6.07, 6.45) is 1.56. The van der Waals surface area contributed by atoms with Crippen molar-refractivity contribution in [1.29, 1.82) is 0 Å². The van der Waals surface area contributed by atoms with Crippen LogP contribution in [0.3, 0.4) is 0 Å². The van der Waals surface area contributed by atoms with Crippen molar-refractivity contribution >= 4 is 28.6 Å². The van der Waals surface area contributed by atoms with Gasteiger partial charge >= 0.3 is 0 Å². The van der Waals surface area contributed by atoms with Crippen LogP contribution in [0, 0.1) is 0 Å². The highest BCUT2D eigenvalue weighted by Crippen LogP contribution is 2.18. The molecule has 126 valence electrons. The summed E-state index contributed by atoms with van der Waals surface area (Å²) in [5, 5.41) is 9.36. The molecule has 3 rings (SSSR count). The molecule has 0 aliphatic carbocycles. The number of carbonyl (C=O) groups is 1. The van der Waals surface area contributed by atoms with E-state index < -0.39 is 0 Å². The van der Waals surface area contributed by atoms with E-state index in [0.717, 1.165) is 16.6 Å². The minimum atomic E-state index is -0.223. The number of hydrogen-bond donors (Lipinski definition) is 2. The second kappa shape index (κ2) is 7.97. The molecule has 0 aliphatic heterocycles. The molecule has 0 aliphatic rings. The standard InChI is InChI=1S/C20H19N3O2/c1-25-19-9-5-4-8-17(19)13-22-23-20(24)14-21-18-11-10-15-6-2-3-7-16(15)12-18/h2-13,21H,14H2,1H3,(H,23,24)/b22-13+. The number of rotatable bonds is 6. The molecule has 0 radical (unpaired) electrons. The van der Waals surface area contributed by atoms with Crippen LogP contribution in [0.2, 0.25) is 0 Å². The van der Waals surface area contributed by atoms with Crippen LogP contribution in [0.4, 0.5) is 5.69 Å². The number of fused-ring (bicyclic) bond motifs is 1. The van der Waals surface area contributed by atoms with E-state index in [-0.39, 0.29) is 12.5 Å². The van der Waals surface area contributed by atoms with E-state index in [4.69, 9.17) is 4.74 Å². The van der Waals surface area contributed by atoms with Crippen molar-refractivity contribution in [3.63, 3.8) is 0 Å². The van der Waals surface area contributed by atoms with Crippen molar-refractivity contribution in [2.24, 2.45) is 5.10 Å². The van der Waals surface area contributed by atoms with Gasteiger partial charge in [-0.15, -0.1) is 0 Å². The molecule has 3 aromatic rings. The minimum Gasteiger partial charge on any atom is -0.496 e. The molecule has 2 N–H and O–H groups in total. The highest BCUT2D eigenvalue weighted by molar-refractivity contribution is 5.88. The van der Waals surface area contributed by atoms with Gasteiger partial charge in [-0.2, -0.15) is 5.10 Å². The number of anilines is 1. The van der Waals surface area contributed by atoms with Crippen LogP contribution < -0.4 is 15.5 Å². The normalized spacial score (nSPS) is 10.8. The number of para-hydroxylation sites is 1. The van der Waals surface area contributed by atoms with Crippen LogP contribution in [-0.2, 0) is 4.79 Å². The quantitative estimate of drug-likeness (QED) is 0.537. The number of nitrogens with one attached hydrogen (secondary N) is 2. The molecule has 0 saturated heterocycles. The molecule has 0 aromatic heterocycles. The molecule has 0 bridgehead atoms. The second-order valence-electron chi connectivity index (χ2n) is 5.45. The third-order valence-corrected chi connectivity index (χ3v) is 3.73. The molecule has 0 fully saturated rings. The van der Waals surface area contributed by atoms with Gasteiger partial charge in [0, 0.05) is 11.3 Å². The number of amides is 1. The molecular formula is C20H19N3O2. The van der Waals surface area contributed by atoms with Crippen molar-refractivity contribution in [2.75, 3.05) is 19.0 Å². The highest BCUT2D eigenvalue weighted by Gasteiger charge is 2.01. The lowest BCUT2D eigenvalue weighted by atomic mass is 10.1. The average molecular weight is 333 g/mol. The minimum absolute atomic E-state index is 0.140. The third-order valence-electron chi connectivity index (χ3n) is 3.73. The Bertz CT molecular complexity index is 906. The molecule has 3 aromatic carbocycles. The van der Waals surface area contributed by atoms with Crippen molar-refractivity contribution in [2.45, 2.75) is 0 Å². The Hall–Kier alpha value is -3.34. The number of hydrazone groups is 1. The van der Waals surface area contributed by atoms with Crippen LogP contribution in [0.1, 0.15) is 5.56 Å². The average Bonchev–Trinajstić information content (AvgIpc) is 2.66. The Balaban J connectivity index is 1.54. The zero-order valence-electron chi connectivity index (χ0n) is 13.9. The summed E-state index contributed by atoms with van der Waals surface area (Å²) in [7, 11) is 1.60. The van der Waals surface area contributed by atoms with Gasteiger partial charge in [0.25, 0.3) is 5.91 Å². The number of hydrogen-bond acceptors (Lipinski definition) is 4. The summed E-state index contributed by atoms with van der Waals surface area (Å²) in [6.45, 7) is 0.140. The zero-order valence-corrected chi connectivity index (χ0v) is 13.9. The van der Waals surface area contributed by atoms with Crippen LogP contribution in [-0.4, -0.2) is 25.8 Å². The van der Waals surface area contributed by atoms with Gasteiger partial charge < -0.3 is 10.1 Å². The Kier molecular flexibility index (Phi) is 5.26. The van der Waals surface area contributed by atoms with Gasteiger partial charge in [-0.25, -0.2) is 5.43 Å². The van der Waals surface area contributed by atoms with E-state index in [1.165, 1.54) is 5.39 Å². The van der Waals surface area contributed by atoms with Crippen LogP contribution in [0.25, 0.3) is 10.8 Å². The fraction of sp³-hybridized carbons (Fsp3) is 0.100. The molecule has 0 atom stereocenters. The fourth-order valence-electron chi connectivity index (χ4n) is 2.47. The SMILES string of the molecule is COc1ccccc1/C=N/NC(=O)CNc1ccc2ccccc2c1. The van der Waals surface area contributed by atoms with Gasteiger partial charge in [0.05, 0.1) is 19.9 Å². The van der Waals surface area contributed by atoms with Crippen LogP contribution in [0.15, 0.2) is 71.8 Å². The first-order valence-corrected chi connectivity index (χ1v) is 7.94. The van der Waals surface area contributed by atoms with Crippen LogP contribution in [0.5, 0.6) is 5.75 Å². The molecule has 0 unspecified atom stereocenters. The van der Waals surface area contributed by atoms with Crippen LogP contribution >= 0.6 is 0 Å². The lowest BCUT2D eigenvalue weighted by molar-refractivity contribution is -0.119. The molecule has 1 amide bonds. The lowest BCUT2D eigenvalue weighted by Crippen LogP contribution is -2.25. The lowest BCUT2D eigenvalue weighted by Gasteiger charge is -2.07. The number of carbonyl (C=O) groups excluding carboxylic acids is 1. The smallest absolute Gasteiger partial charge is 0.259 e. The van der Waals surface area contributed by atoms with Gasteiger partial charge in [0.1, 0.15) is 5.75 Å². The van der Waals surface area contributed by atoms with Gasteiger partial charge in [-0.05, 0) is 35.0 Å². The first kappa shape index (κ1) is 16.5. The topological polar surface area (TPSA) is 62.7 Å². The highest BCUT2D eigenvalue weighted by atomic mass is 16.5. The van der Waals surface area contributed by atoms with E-state index >= 15 is 0 Å². The first-order valence-electron chi connectivity index (χ1n) is 7.94. The van der Waals surface area contributed by atoms with Crippen molar-refractivity contribution in [1.82, 2.24) is 5.43 Å². The summed E-state index contributed by atoms with van der Waals surface area (Å²) in [5.74, 6) is 0.481. The van der Waals surface area contributed by atoms with Crippen molar-refractivity contribution < 1.29 is 9.53 Å². The second-order valence-corrected chi connectivity index (χ2v) is 5.45. The molecule has 25 heavy (non-hydrogen) atoms. The summed E-state index contributed by atoms with van der Waals surface area (Å²) in [6, 6.07) is 21.5. The molecular weight excluding hydrogens is 314 g/mol. The van der Waals surface area contributed by atoms with E-state index in [0.29, 0.717) is 5.75 Å². The Morgan fingerprint density at radius 3 is 2.64 bits per heavy atom. The maximum absolute atomic E-state index is 11.9. The molecule has 0 spiro atoms. The Morgan fingerprint density at radius 2 is 1.80 bits per heavy atom. The molecule has 5 nitrogen and oxygen atoms in total. The first-order chi connectivity index (χ1) is 12.3. The number of benzene rings is 3. The molecule has 5 heteroatoms. The summed E-state index contributed by atoms with van der Waals surface area (Å²) in [4.78, 5) is 11.9. The summed E-state index contributed by atoms with van der Waals surface area (Å²) < 4.78 is 5.23. The van der Waals surface area contributed by atoms with Gasteiger partial charge in [0.15, 0.2) is 0 Å². The monoisotopic (exact) mass is 333 g/mol. The number of methoxy groups -OCH3 is 1. The van der Waals surface area contributed by atoms with Gasteiger partial charge in [0.2, 0.25) is 0 Å². The van der Waals surface area contributed by atoms with Gasteiger partial charge in [-0.3, -0.25) is 4.79 Å². The Morgan fingerprint density at radius 1 is 1.04 bits per heavy atom. The predicted molar refractivity (Wildman–Crippen MR) is 101 cm³/mol. The summed E-state index contributed by atoms with van der Waals surface area (Å²) >= 11 is 0. The number of ether oxygens (including phenoxy) is 1. The Labute approximate surface area is 146 Å².